The largest absolute Gasteiger partial charge is 0.355 e. The van der Waals surface area contributed by atoms with Gasteiger partial charge in [0.25, 0.3) is 0 Å². The number of hydrogen-bond acceptors (Lipinski definition) is 9. The van der Waals surface area contributed by atoms with Crippen LogP contribution in [0.15, 0.2) is 41.9 Å². The number of rotatable bonds is 9. The van der Waals surface area contributed by atoms with Crippen molar-refractivity contribution in [3.63, 3.8) is 0 Å². The summed E-state index contributed by atoms with van der Waals surface area (Å²) in [7, 11) is 0. The highest BCUT2D eigenvalue weighted by Gasteiger charge is 2.12. The van der Waals surface area contributed by atoms with Gasteiger partial charge in [-0.05, 0) is 18.6 Å². The summed E-state index contributed by atoms with van der Waals surface area (Å²) in [5.74, 6) is 1.95. The molecule has 0 fully saturated rings. The van der Waals surface area contributed by atoms with E-state index in [1.165, 1.54) is 34.9 Å². The average Bonchev–Trinajstić information content (AvgIpc) is 3.32. The van der Waals surface area contributed by atoms with Crippen LogP contribution in [0.1, 0.15) is 19.2 Å². The highest BCUT2D eigenvalue weighted by molar-refractivity contribution is 9.10. The van der Waals surface area contributed by atoms with Gasteiger partial charge in [-0.1, -0.05) is 75.0 Å². The molecule has 0 saturated carbocycles. The molecular weight excluding hydrogens is 470 g/mol. The number of thioether (sulfide) groups is 2. The SMILES string of the molecule is CCCNC(=O)CSc1nnc(SCc2nc(-c3cccc(Br)c3)no2)s1. The monoisotopic (exact) mass is 485 g/mol. The Morgan fingerprint density at radius 3 is 2.89 bits per heavy atom. The van der Waals surface area contributed by atoms with Gasteiger partial charge in [-0.15, -0.1) is 10.2 Å². The van der Waals surface area contributed by atoms with Crippen LogP contribution >= 0.6 is 50.8 Å². The first-order valence-electron chi connectivity index (χ1n) is 8.08. The highest BCUT2D eigenvalue weighted by Crippen LogP contribution is 2.30. The van der Waals surface area contributed by atoms with Gasteiger partial charge in [0.15, 0.2) is 8.68 Å². The third-order valence-electron chi connectivity index (χ3n) is 3.16. The number of carbonyl (C=O) groups excluding carboxylic acids is 1. The Labute approximate surface area is 177 Å². The van der Waals surface area contributed by atoms with E-state index in [2.05, 4.69) is 41.6 Å². The van der Waals surface area contributed by atoms with E-state index in [-0.39, 0.29) is 5.91 Å². The molecule has 11 heteroatoms. The molecule has 0 atom stereocenters. The Bertz CT molecular complexity index is 902. The molecule has 0 radical (unpaired) electrons. The summed E-state index contributed by atoms with van der Waals surface area (Å²) in [5.41, 5.74) is 0.889. The lowest BCUT2D eigenvalue weighted by molar-refractivity contribution is -0.118. The Kier molecular flexibility index (Phi) is 7.68. The van der Waals surface area contributed by atoms with E-state index in [0.29, 0.717) is 29.8 Å². The zero-order chi connectivity index (χ0) is 19.1. The third-order valence-corrected chi connectivity index (χ3v) is 6.82. The molecule has 27 heavy (non-hydrogen) atoms. The summed E-state index contributed by atoms with van der Waals surface area (Å²) < 4.78 is 7.83. The molecule has 1 amide bonds. The molecule has 0 aliphatic rings. The molecule has 142 valence electrons. The summed E-state index contributed by atoms with van der Waals surface area (Å²) in [6.07, 6.45) is 0.926. The van der Waals surface area contributed by atoms with Crippen LogP contribution in [0.3, 0.4) is 0 Å². The van der Waals surface area contributed by atoms with E-state index in [1.54, 1.807) is 0 Å². The molecular formula is C16H16BrN5O2S3. The lowest BCUT2D eigenvalue weighted by Gasteiger charge is -2.00. The minimum Gasteiger partial charge on any atom is -0.355 e. The first-order chi connectivity index (χ1) is 13.1. The molecule has 0 aliphatic heterocycles. The smallest absolute Gasteiger partial charge is 0.237 e. The van der Waals surface area contributed by atoms with Crippen LogP contribution < -0.4 is 5.32 Å². The van der Waals surface area contributed by atoms with Crippen LogP contribution in [0.5, 0.6) is 0 Å². The van der Waals surface area contributed by atoms with E-state index < -0.39 is 0 Å². The molecule has 0 aliphatic carbocycles. The second-order valence-corrected chi connectivity index (χ2v) is 9.62. The van der Waals surface area contributed by atoms with Crippen LogP contribution in [0.2, 0.25) is 0 Å². The molecule has 3 rings (SSSR count). The Hall–Kier alpha value is -1.43. The van der Waals surface area contributed by atoms with Crippen molar-refractivity contribution in [3.05, 3.63) is 34.6 Å². The van der Waals surface area contributed by atoms with E-state index in [1.807, 2.05) is 31.2 Å². The zero-order valence-corrected chi connectivity index (χ0v) is 18.4. The second kappa shape index (κ2) is 10.2. The van der Waals surface area contributed by atoms with Crippen molar-refractivity contribution in [2.45, 2.75) is 27.8 Å². The molecule has 0 bridgehead atoms. The number of nitrogens with zero attached hydrogens (tertiary/aromatic N) is 4. The van der Waals surface area contributed by atoms with Crippen molar-refractivity contribution in [2.75, 3.05) is 12.3 Å². The van der Waals surface area contributed by atoms with Crippen LogP contribution in [0, 0.1) is 0 Å². The lowest BCUT2D eigenvalue weighted by Crippen LogP contribution is -2.25. The zero-order valence-electron chi connectivity index (χ0n) is 14.3. The van der Waals surface area contributed by atoms with Crippen LogP contribution in [-0.2, 0) is 10.5 Å². The predicted octanol–water partition coefficient (Wildman–Crippen LogP) is 4.26. The highest BCUT2D eigenvalue weighted by atomic mass is 79.9. The molecule has 7 nitrogen and oxygen atoms in total. The molecule has 2 heterocycles. The number of amides is 1. The van der Waals surface area contributed by atoms with E-state index in [4.69, 9.17) is 4.52 Å². The van der Waals surface area contributed by atoms with Gasteiger partial charge in [-0.25, -0.2) is 0 Å². The maximum atomic E-state index is 11.6. The van der Waals surface area contributed by atoms with Crippen LogP contribution in [-0.4, -0.2) is 38.5 Å². The number of halogens is 1. The third kappa shape index (κ3) is 6.30. The quantitative estimate of drug-likeness (QED) is 0.449. The maximum absolute atomic E-state index is 11.6. The van der Waals surface area contributed by atoms with Gasteiger partial charge in [-0.2, -0.15) is 4.98 Å². The molecule has 0 spiro atoms. The van der Waals surface area contributed by atoms with E-state index in [9.17, 15) is 4.79 Å². The molecule has 1 aromatic carbocycles. The fourth-order valence-corrected chi connectivity index (χ4v) is 5.03. The van der Waals surface area contributed by atoms with Crippen molar-refractivity contribution in [1.82, 2.24) is 25.7 Å². The van der Waals surface area contributed by atoms with E-state index >= 15 is 0 Å². The Morgan fingerprint density at radius 1 is 1.30 bits per heavy atom. The molecule has 3 aromatic rings. The number of aromatic nitrogens is 4. The lowest BCUT2D eigenvalue weighted by atomic mass is 10.2. The van der Waals surface area contributed by atoms with Crippen molar-refractivity contribution < 1.29 is 9.32 Å². The average molecular weight is 486 g/mol. The van der Waals surface area contributed by atoms with Gasteiger partial charge in [0.05, 0.1) is 11.5 Å². The summed E-state index contributed by atoms with van der Waals surface area (Å²) in [6, 6.07) is 7.73. The second-order valence-electron chi connectivity index (χ2n) is 5.28. The predicted molar refractivity (Wildman–Crippen MR) is 111 cm³/mol. The Balaban J connectivity index is 1.49. The summed E-state index contributed by atoms with van der Waals surface area (Å²) >= 11 is 7.75. The normalized spacial score (nSPS) is 10.9. The number of benzene rings is 1. The van der Waals surface area contributed by atoms with Gasteiger partial charge >= 0.3 is 0 Å². The van der Waals surface area contributed by atoms with Crippen molar-refractivity contribution in [2.24, 2.45) is 0 Å². The topological polar surface area (TPSA) is 93.8 Å². The molecule has 2 aromatic heterocycles. The Morgan fingerprint density at radius 2 is 2.11 bits per heavy atom. The van der Waals surface area contributed by atoms with E-state index in [0.717, 1.165) is 25.1 Å². The minimum absolute atomic E-state index is 0.0113. The van der Waals surface area contributed by atoms with Crippen molar-refractivity contribution >= 4 is 56.7 Å². The maximum Gasteiger partial charge on any atom is 0.237 e. The summed E-state index contributed by atoms with van der Waals surface area (Å²) in [4.78, 5) is 16.0. The standard InChI is InChI=1S/C16H16BrN5O2S3/c1-2-6-18-12(23)8-25-15-20-21-16(27-15)26-9-13-19-14(22-24-13)10-4-3-5-11(17)7-10/h3-5,7H,2,6,8-9H2,1H3,(H,18,23). The van der Waals surface area contributed by atoms with Gasteiger partial charge < -0.3 is 9.84 Å². The van der Waals surface area contributed by atoms with Gasteiger partial charge in [0, 0.05) is 16.6 Å². The molecule has 0 saturated heterocycles. The summed E-state index contributed by atoms with van der Waals surface area (Å²) in [5, 5.41) is 15.1. The van der Waals surface area contributed by atoms with Gasteiger partial charge in [0.1, 0.15) is 0 Å². The van der Waals surface area contributed by atoms with Crippen LogP contribution in [0.25, 0.3) is 11.4 Å². The van der Waals surface area contributed by atoms with Crippen molar-refractivity contribution in [1.29, 1.82) is 0 Å². The molecule has 0 unspecified atom stereocenters. The summed E-state index contributed by atoms with van der Waals surface area (Å²) in [6.45, 7) is 2.72. The first kappa shape index (κ1) is 20.3. The van der Waals surface area contributed by atoms with Crippen molar-refractivity contribution in [3.8, 4) is 11.4 Å². The fraction of sp³-hybridized carbons (Fsp3) is 0.312. The number of carbonyl (C=O) groups is 1. The van der Waals surface area contributed by atoms with Gasteiger partial charge in [0.2, 0.25) is 17.6 Å². The van der Waals surface area contributed by atoms with Crippen LogP contribution in [0.4, 0.5) is 0 Å². The number of nitrogens with one attached hydrogen (secondary N) is 1. The van der Waals surface area contributed by atoms with Gasteiger partial charge in [-0.3, -0.25) is 4.79 Å². The molecule has 1 N–H and O–H groups in total. The number of hydrogen-bond donors (Lipinski definition) is 1. The first-order valence-corrected chi connectivity index (χ1v) is 11.7. The fourth-order valence-electron chi connectivity index (χ4n) is 1.94. The minimum atomic E-state index is 0.0113.